The molecule has 0 heterocycles. The zero-order valence-corrected chi connectivity index (χ0v) is 10.3. The highest BCUT2D eigenvalue weighted by Crippen LogP contribution is 2.23. The summed E-state index contributed by atoms with van der Waals surface area (Å²) >= 11 is 0. The Morgan fingerprint density at radius 2 is 1.32 bits per heavy atom. The summed E-state index contributed by atoms with van der Waals surface area (Å²) in [6, 6.07) is 9.37. The van der Waals surface area contributed by atoms with Gasteiger partial charge >= 0.3 is 11.9 Å². The van der Waals surface area contributed by atoms with Gasteiger partial charge in [0.2, 0.25) is 0 Å². The van der Waals surface area contributed by atoms with Crippen LogP contribution in [-0.4, -0.2) is 33.9 Å². The molecule has 0 fully saturated rings. The van der Waals surface area contributed by atoms with Crippen molar-refractivity contribution in [3.8, 4) is 0 Å². The van der Waals surface area contributed by atoms with Crippen molar-refractivity contribution in [1.82, 2.24) is 0 Å². The summed E-state index contributed by atoms with van der Waals surface area (Å²) in [6.45, 7) is 1.93. The molecule has 0 atom stereocenters. The molecule has 19 heavy (non-hydrogen) atoms. The van der Waals surface area contributed by atoms with E-state index in [-0.39, 0.29) is 23.1 Å². The molecule has 5 nitrogen and oxygen atoms in total. The molecule has 0 amide bonds. The number of rotatable bonds is 2. The molecule has 2 aromatic carbocycles. The molecule has 0 saturated carbocycles. The summed E-state index contributed by atoms with van der Waals surface area (Å²) in [5.74, 6) is -2.25. The van der Waals surface area contributed by atoms with Crippen molar-refractivity contribution >= 4 is 22.7 Å². The zero-order chi connectivity index (χ0) is 14.4. The fraction of sp³-hybridized carbons (Fsp3) is 0.143. The molecule has 2 rings (SSSR count). The number of aliphatic hydroxyl groups is 1. The van der Waals surface area contributed by atoms with E-state index in [1.54, 1.807) is 31.2 Å². The fourth-order valence-electron chi connectivity index (χ4n) is 1.70. The van der Waals surface area contributed by atoms with Gasteiger partial charge in [-0.3, -0.25) is 0 Å². The largest absolute Gasteiger partial charge is 0.478 e. The van der Waals surface area contributed by atoms with E-state index in [1.807, 2.05) is 0 Å². The van der Waals surface area contributed by atoms with Gasteiger partial charge in [-0.1, -0.05) is 24.3 Å². The van der Waals surface area contributed by atoms with Gasteiger partial charge in [0.15, 0.2) is 0 Å². The van der Waals surface area contributed by atoms with Gasteiger partial charge < -0.3 is 15.3 Å². The van der Waals surface area contributed by atoms with Crippen LogP contribution in [0.4, 0.5) is 0 Å². The lowest BCUT2D eigenvalue weighted by atomic mass is 9.99. The first-order valence-corrected chi connectivity index (χ1v) is 5.62. The zero-order valence-electron chi connectivity index (χ0n) is 10.3. The van der Waals surface area contributed by atoms with Gasteiger partial charge in [0.25, 0.3) is 0 Å². The van der Waals surface area contributed by atoms with Crippen molar-refractivity contribution in [1.29, 1.82) is 0 Å². The summed E-state index contributed by atoms with van der Waals surface area (Å²) in [5.41, 5.74) is 0.0194. The van der Waals surface area contributed by atoms with E-state index in [9.17, 15) is 9.59 Å². The highest BCUT2D eigenvalue weighted by Gasteiger charge is 2.15. The fourth-order valence-corrected chi connectivity index (χ4v) is 1.70. The Morgan fingerprint density at radius 1 is 0.947 bits per heavy atom. The van der Waals surface area contributed by atoms with Gasteiger partial charge in [0.05, 0.1) is 11.1 Å². The summed E-state index contributed by atoms with van der Waals surface area (Å²) in [7, 11) is 0. The minimum Gasteiger partial charge on any atom is -0.478 e. The number of aromatic carboxylic acids is 2. The number of benzene rings is 2. The van der Waals surface area contributed by atoms with E-state index in [1.165, 1.54) is 12.1 Å². The van der Waals surface area contributed by atoms with Crippen molar-refractivity contribution in [2.24, 2.45) is 0 Å². The third kappa shape index (κ3) is 3.29. The number of carboxylic acids is 2. The molecule has 0 aliphatic heterocycles. The Kier molecular flexibility index (Phi) is 5.02. The van der Waals surface area contributed by atoms with Crippen molar-refractivity contribution in [3.63, 3.8) is 0 Å². The second-order valence-electron chi connectivity index (χ2n) is 3.64. The second kappa shape index (κ2) is 6.51. The SMILES string of the molecule is CCO.O=C(O)c1cccc2cccc(C(=O)O)c12. The second-order valence-corrected chi connectivity index (χ2v) is 3.64. The third-order valence-corrected chi connectivity index (χ3v) is 2.37. The van der Waals surface area contributed by atoms with Crippen molar-refractivity contribution in [2.75, 3.05) is 6.61 Å². The highest BCUT2D eigenvalue weighted by molar-refractivity contribution is 6.12. The maximum absolute atomic E-state index is 11.0. The van der Waals surface area contributed by atoms with E-state index in [0.717, 1.165) is 0 Å². The van der Waals surface area contributed by atoms with Crippen molar-refractivity contribution < 1.29 is 24.9 Å². The molecular weight excluding hydrogens is 248 g/mol. The monoisotopic (exact) mass is 262 g/mol. The van der Waals surface area contributed by atoms with Crippen LogP contribution in [0.2, 0.25) is 0 Å². The minimum atomic E-state index is -1.13. The Hall–Kier alpha value is -2.40. The van der Waals surface area contributed by atoms with E-state index in [4.69, 9.17) is 15.3 Å². The van der Waals surface area contributed by atoms with E-state index in [0.29, 0.717) is 5.39 Å². The molecule has 2 aromatic rings. The lowest BCUT2D eigenvalue weighted by Gasteiger charge is -2.05. The van der Waals surface area contributed by atoms with Crippen molar-refractivity contribution in [3.05, 3.63) is 47.5 Å². The van der Waals surface area contributed by atoms with Gasteiger partial charge in [-0.05, 0) is 24.4 Å². The lowest BCUT2D eigenvalue weighted by molar-refractivity contribution is 0.0695. The van der Waals surface area contributed by atoms with Crippen LogP contribution < -0.4 is 0 Å². The maximum Gasteiger partial charge on any atom is 0.336 e. The van der Waals surface area contributed by atoms with E-state index < -0.39 is 11.9 Å². The molecular formula is C14H14O5. The quantitative estimate of drug-likeness (QED) is 0.771. The average molecular weight is 262 g/mol. The molecule has 0 saturated heterocycles. The van der Waals surface area contributed by atoms with Gasteiger partial charge in [-0.2, -0.15) is 0 Å². The van der Waals surface area contributed by atoms with Crippen LogP contribution in [0.3, 0.4) is 0 Å². The number of hydrogen-bond donors (Lipinski definition) is 3. The van der Waals surface area contributed by atoms with Gasteiger partial charge in [-0.15, -0.1) is 0 Å². The minimum absolute atomic E-state index is 0.00972. The molecule has 0 radical (unpaired) electrons. The Morgan fingerprint density at radius 3 is 1.63 bits per heavy atom. The molecule has 5 heteroatoms. The predicted octanol–water partition coefficient (Wildman–Crippen LogP) is 2.23. The summed E-state index contributed by atoms with van der Waals surface area (Å²) in [5, 5.41) is 26.4. The van der Waals surface area contributed by atoms with Crippen LogP contribution in [0.5, 0.6) is 0 Å². The van der Waals surface area contributed by atoms with Crippen molar-refractivity contribution in [2.45, 2.75) is 6.92 Å². The molecule has 0 spiro atoms. The predicted molar refractivity (Wildman–Crippen MR) is 70.6 cm³/mol. The average Bonchev–Trinajstić information content (AvgIpc) is 2.37. The van der Waals surface area contributed by atoms with E-state index in [2.05, 4.69) is 0 Å². The van der Waals surface area contributed by atoms with Crippen LogP contribution in [0.25, 0.3) is 10.8 Å². The Labute approximate surface area is 109 Å². The lowest BCUT2D eigenvalue weighted by Crippen LogP contribution is -2.03. The summed E-state index contributed by atoms with van der Waals surface area (Å²) < 4.78 is 0. The van der Waals surface area contributed by atoms with Crippen LogP contribution in [0.1, 0.15) is 27.6 Å². The standard InChI is InChI=1S/C12H8O4.C2H6O/c13-11(14)8-5-1-3-7-4-2-6-9(10(7)8)12(15)16;1-2-3/h1-6H,(H,13,14)(H,15,16);3H,2H2,1H3. The van der Waals surface area contributed by atoms with Crippen LogP contribution in [0, 0.1) is 0 Å². The Bertz CT molecular complexity index is 555. The normalized spacial score (nSPS) is 9.58. The molecule has 0 bridgehead atoms. The molecule has 100 valence electrons. The van der Waals surface area contributed by atoms with Crippen LogP contribution in [0.15, 0.2) is 36.4 Å². The first kappa shape index (κ1) is 14.7. The molecule has 3 N–H and O–H groups in total. The maximum atomic E-state index is 11.0. The number of aliphatic hydroxyl groups excluding tert-OH is 1. The highest BCUT2D eigenvalue weighted by atomic mass is 16.4. The van der Waals surface area contributed by atoms with Gasteiger partial charge in [0, 0.05) is 12.0 Å². The topological polar surface area (TPSA) is 94.8 Å². The molecule has 0 aromatic heterocycles. The van der Waals surface area contributed by atoms with Gasteiger partial charge in [-0.25, -0.2) is 9.59 Å². The molecule has 0 aliphatic carbocycles. The third-order valence-electron chi connectivity index (χ3n) is 2.37. The Balaban J connectivity index is 0.000000550. The summed E-state index contributed by atoms with van der Waals surface area (Å²) in [6.07, 6.45) is 0. The molecule has 0 aliphatic rings. The summed E-state index contributed by atoms with van der Waals surface area (Å²) in [4.78, 5) is 22.0. The molecule has 0 unspecified atom stereocenters. The van der Waals surface area contributed by atoms with E-state index >= 15 is 0 Å². The smallest absolute Gasteiger partial charge is 0.336 e. The number of hydrogen-bond acceptors (Lipinski definition) is 3. The number of fused-ring (bicyclic) bond motifs is 1. The van der Waals surface area contributed by atoms with Crippen LogP contribution in [-0.2, 0) is 0 Å². The number of carbonyl (C=O) groups is 2. The van der Waals surface area contributed by atoms with Crippen LogP contribution >= 0.6 is 0 Å². The first-order valence-electron chi connectivity index (χ1n) is 5.62. The van der Waals surface area contributed by atoms with Gasteiger partial charge in [0.1, 0.15) is 0 Å². The first-order chi connectivity index (χ1) is 9.02. The number of carboxylic acid groups (broad SMARTS) is 2.